The molecule has 2 aromatic rings. The Balaban J connectivity index is 1.45. The van der Waals surface area contributed by atoms with E-state index in [1.165, 1.54) is 62.2 Å². The lowest BCUT2D eigenvalue weighted by Gasteiger charge is -2.23. The SMILES string of the molecule is O=C(COc1ccc([N+](=O)[O-])cc1)Nc1ccc(C[NH+]2CCCCC2)cc1. The number of benzene rings is 2. The molecule has 0 saturated carbocycles. The summed E-state index contributed by atoms with van der Waals surface area (Å²) in [5.74, 6) is 0.137. The lowest BCUT2D eigenvalue weighted by Crippen LogP contribution is -3.11. The maximum atomic E-state index is 12.0. The first-order valence-corrected chi connectivity index (χ1v) is 9.20. The van der Waals surface area contributed by atoms with E-state index in [4.69, 9.17) is 4.74 Å². The van der Waals surface area contributed by atoms with Gasteiger partial charge in [0.2, 0.25) is 0 Å². The van der Waals surface area contributed by atoms with Gasteiger partial charge in [-0.25, -0.2) is 0 Å². The van der Waals surface area contributed by atoms with Gasteiger partial charge in [-0.15, -0.1) is 0 Å². The average Bonchev–Trinajstić information content (AvgIpc) is 2.69. The number of hydrogen-bond acceptors (Lipinski definition) is 4. The van der Waals surface area contributed by atoms with Gasteiger partial charge < -0.3 is 15.0 Å². The van der Waals surface area contributed by atoms with E-state index in [9.17, 15) is 14.9 Å². The summed E-state index contributed by atoms with van der Waals surface area (Å²) in [6, 6.07) is 13.5. The predicted molar refractivity (Wildman–Crippen MR) is 102 cm³/mol. The number of hydrogen-bond donors (Lipinski definition) is 2. The molecule has 2 N–H and O–H groups in total. The van der Waals surface area contributed by atoms with Crippen LogP contribution in [0.3, 0.4) is 0 Å². The third kappa shape index (κ3) is 5.79. The fraction of sp³-hybridized carbons (Fsp3) is 0.350. The van der Waals surface area contributed by atoms with Crippen LogP contribution in [-0.4, -0.2) is 30.5 Å². The highest BCUT2D eigenvalue weighted by Gasteiger charge is 2.14. The van der Waals surface area contributed by atoms with E-state index < -0.39 is 4.92 Å². The molecule has 0 bridgehead atoms. The fourth-order valence-corrected chi connectivity index (χ4v) is 3.23. The lowest BCUT2D eigenvalue weighted by atomic mass is 10.1. The quantitative estimate of drug-likeness (QED) is 0.578. The summed E-state index contributed by atoms with van der Waals surface area (Å²) in [6.45, 7) is 3.34. The van der Waals surface area contributed by atoms with Crippen LogP contribution in [0.1, 0.15) is 24.8 Å². The van der Waals surface area contributed by atoms with E-state index in [0.717, 1.165) is 12.2 Å². The number of likely N-dealkylation sites (tertiary alicyclic amines) is 1. The van der Waals surface area contributed by atoms with Gasteiger partial charge in [-0.1, -0.05) is 12.1 Å². The Morgan fingerprint density at radius 2 is 1.70 bits per heavy atom. The lowest BCUT2D eigenvalue weighted by molar-refractivity contribution is -0.918. The van der Waals surface area contributed by atoms with Crippen molar-refractivity contribution in [2.75, 3.05) is 25.0 Å². The molecule has 1 saturated heterocycles. The number of non-ortho nitro benzene ring substituents is 1. The normalized spacial score (nSPS) is 14.5. The highest BCUT2D eigenvalue weighted by atomic mass is 16.6. The first kappa shape index (κ1) is 18.8. The van der Waals surface area contributed by atoms with Crippen LogP contribution in [0.15, 0.2) is 48.5 Å². The van der Waals surface area contributed by atoms with Gasteiger partial charge in [0.1, 0.15) is 12.3 Å². The summed E-state index contributed by atoms with van der Waals surface area (Å²) in [5.41, 5.74) is 1.98. The van der Waals surface area contributed by atoms with Crippen LogP contribution in [-0.2, 0) is 11.3 Å². The van der Waals surface area contributed by atoms with Gasteiger partial charge in [-0.3, -0.25) is 14.9 Å². The Kier molecular flexibility index (Phi) is 6.38. The van der Waals surface area contributed by atoms with Crippen molar-refractivity contribution in [2.45, 2.75) is 25.8 Å². The van der Waals surface area contributed by atoms with E-state index in [1.807, 2.05) is 12.1 Å². The van der Waals surface area contributed by atoms with Gasteiger partial charge in [0, 0.05) is 23.4 Å². The van der Waals surface area contributed by atoms with Gasteiger partial charge in [0.05, 0.1) is 18.0 Å². The fourth-order valence-electron chi connectivity index (χ4n) is 3.23. The molecule has 0 atom stereocenters. The summed E-state index contributed by atoms with van der Waals surface area (Å²) in [4.78, 5) is 23.8. The Morgan fingerprint density at radius 1 is 1.04 bits per heavy atom. The molecule has 1 amide bonds. The predicted octanol–water partition coefficient (Wildman–Crippen LogP) is 2.18. The van der Waals surface area contributed by atoms with Crippen molar-refractivity contribution in [2.24, 2.45) is 0 Å². The number of anilines is 1. The molecule has 7 heteroatoms. The number of nitro groups is 1. The first-order valence-electron chi connectivity index (χ1n) is 9.20. The molecular weight excluding hydrogens is 346 g/mol. The molecule has 0 unspecified atom stereocenters. The number of ether oxygens (including phenoxy) is 1. The summed E-state index contributed by atoms with van der Waals surface area (Å²) < 4.78 is 5.36. The maximum absolute atomic E-state index is 12.0. The minimum absolute atomic E-state index is 0.0155. The topological polar surface area (TPSA) is 85.9 Å². The zero-order valence-electron chi connectivity index (χ0n) is 15.1. The van der Waals surface area contributed by atoms with Gasteiger partial charge >= 0.3 is 0 Å². The van der Waals surface area contributed by atoms with Gasteiger partial charge in [-0.05, 0) is 43.5 Å². The summed E-state index contributed by atoms with van der Waals surface area (Å²) in [5, 5.41) is 13.4. The van der Waals surface area contributed by atoms with Crippen LogP contribution < -0.4 is 15.0 Å². The van der Waals surface area contributed by atoms with Crippen molar-refractivity contribution >= 4 is 17.3 Å². The monoisotopic (exact) mass is 370 g/mol. The average molecular weight is 370 g/mol. The maximum Gasteiger partial charge on any atom is 0.269 e. The number of carbonyl (C=O) groups is 1. The Labute approximate surface area is 158 Å². The Bertz CT molecular complexity index is 769. The molecular formula is C20H24N3O4+. The second-order valence-corrected chi connectivity index (χ2v) is 6.77. The van der Waals surface area contributed by atoms with E-state index in [1.54, 1.807) is 4.90 Å². The third-order valence-electron chi connectivity index (χ3n) is 4.67. The molecule has 1 aliphatic rings. The number of amides is 1. The van der Waals surface area contributed by atoms with Crippen LogP contribution in [0.5, 0.6) is 5.75 Å². The standard InChI is InChI=1S/C20H23N3O4/c24-20(15-27-19-10-8-18(9-11-19)23(25)26)21-17-6-4-16(5-7-17)14-22-12-2-1-3-13-22/h4-11H,1-3,12-15H2,(H,21,24)/p+1. The molecule has 0 radical (unpaired) electrons. The van der Waals surface area contributed by atoms with Crippen molar-refractivity contribution in [3.63, 3.8) is 0 Å². The number of nitrogens with one attached hydrogen (secondary N) is 2. The van der Waals surface area contributed by atoms with Crippen molar-refractivity contribution in [1.29, 1.82) is 0 Å². The summed E-state index contributed by atoms with van der Waals surface area (Å²) in [7, 11) is 0. The zero-order chi connectivity index (χ0) is 19.1. The molecule has 2 aromatic carbocycles. The number of quaternary nitrogens is 1. The largest absolute Gasteiger partial charge is 0.484 e. The highest BCUT2D eigenvalue weighted by Crippen LogP contribution is 2.17. The number of piperidine rings is 1. The van der Waals surface area contributed by atoms with E-state index in [-0.39, 0.29) is 18.2 Å². The highest BCUT2D eigenvalue weighted by molar-refractivity contribution is 5.91. The van der Waals surface area contributed by atoms with E-state index in [2.05, 4.69) is 17.4 Å². The van der Waals surface area contributed by atoms with Crippen LogP contribution >= 0.6 is 0 Å². The van der Waals surface area contributed by atoms with Crippen molar-refractivity contribution in [3.8, 4) is 5.75 Å². The van der Waals surface area contributed by atoms with Crippen molar-refractivity contribution in [1.82, 2.24) is 0 Å². The van der Waals surface area contributed by atoms with Crippen LogP contribution in [0, 0.1) is 10.1 Å². The molecule has 142 valence electrons. The van der Waals surface area contributed by atoms with Crippen molar-refractivity contribution in [3.05, 3.63) is 64.2 Å². The minimum atomic E-state index is -0.479. The Morgan fingerprint density at radius 3 is 2.33 bits per heavy atom. The molecule has 0 spiro atoms. The van der Waals surface area contributed by atoms with Gasteiger partial charge in [0.15, 0.2) is 6.61 Å². The first-order chi connectivity index (χ1) is 13.1. The van der Waals surface area contributed by atoms with E-state index in [0.29, 0.717) is 5.75 Å². The minimum Gasteiger partial charge on any atom is -0.484 e. The summed E-state index contributed by atoms with van der Waals surface area (Å²) >= 11 is 0. The summed E-state index contributed by atoms with van der Waals surface area (Å²) in [6.07, 6.45) is 3.95. The number of nitro benzene ring substituents is 1. The number of nitrogens with zero attached hydrogens (tertiary/aromatic N) is 1. The molecule has 0 aromatic heterocycles. The smallest absolute Gasteiger partial charge is 0.269 e. The molecule has 1 fully saturated rings. The van der Waals surface area contributed by atoms with Crippen LogP contribution in [0.2, 0.25) is 0 Å². The van der Waals surface area contributed by atoms with E-state index >= 15 is 0 Å². The Hall–Kier alpha value is -2.93. The zero-order valence-corrected chi connectivity index (χ0v) is 15.1. The van der Waals surface area contributed by atoms with Crippen LogP contribution in [0.25, 0.3) is 0 Å². The van der Waals surface area contributed by atoms with Crippen LogP contribution in [0.4, 0.5) is 11.4 Å². The second-order valence-electron chi connectivity index (χ2n) is 6.77. The third-order valence-corrected chi connectivity index (χ3v) is 4.67. The molecule has 7 nitrogen and oxygen atoms in total. The number of rotatable bonds is 7. The molecule has 27 heavy (non-hydrogen) atoms. The molecule has 1 aliphatic heterocycles. The van der Waals surface area contributed by atoms with Crippen molar-refractivity contribution < 1.29 is 19.4 Å². The van der Waals surface area contributed by atoms with Gasteiger partial charge in [0.25, 0.3) is 11.6 Å². The number of carbonyl (C=O) groups excluding carboxylic acids is 1. The molecule has 1 heterocycles. The molecule has 3 rings (SSSR count). The second kappa shape index (κ2) is 9.14. The molecule has 0 aliphatic carbocycles. The van der Waals surface area contributed by atoms with Gasteiger partial charge in [-0.2, -0.15) is 0 Å².